The highest BCUT2D eigenvalue weighted by atomic mass is 35.5. The predicted molar refractivity (Wildman–Crippen MR) is 106 cm³/mol. The Labute approximate surface area is 171 Å². The average molecular weight is 447 g/mol. The number of hydrogen-bond acceptors (Lipinski definition) is 9. The second-order valence-electron chi connectivity index (χ2n) is 5.84. The Bertz CT molecular complexity index is 946. The number of thioether (sulfide) groups is 1. The number of Topliss-reactive ketones (excluding diaryl/α,β-unsaturated/α-hetero) is 1. The van der Waals surface area contributed by atoms with Crippen LogP contribution in [0, 0.1) is 0 Å². The molecule has 0 aliphatic rings. The summed E-state index contributed by atoms with van der Waals surface area (Å²) in [6.45, 7) is 0. The first-order valence-electron chi connectivity index (χ1n) is 8.18. The lowest BCUT2D eigenvalue weighted by Gasteiger charge is -2.04. The molecule has 152 valence electrons. The molecule has 2 rings (SSSR count). The zero-order valence-corrected chi connectivity index (χ0v) is 17.4. The summed E-state index contributed by atoms with van der Waals surface area (Å²) in [6, 6.07) is 6.73. The zero-order chi connectivity index (χ0) is 20.6. The minimum absolute atomic E-state index is 0.0190. The van der Waals surface area contributed by atoms with Gasteiger partial charge in [-0.1, -0.05) is 17.7 Å². The largest absolute Gasteiger partial charge is 0.300 e. The quantitative estimate of drug-likeness (QED) is 0.185. The molecule has 1 heterocycles. The highest BCUT2D eigenvalue weighted by Gasteiger charge is 2.17. The van der Waals surface area contributed by atoms with Crippen LogP contribution in [0.15, 0.2) is 38.9 Å². The number of rotatable bonds is 10. The molecule has 0 radical (unpaired) electrons. The molecule has 0 unspecified atom stereocenters. The number of hydrogen-bond donors (Lipinski definition) is 2. The molecule has 9 nitrogen and oxygen atoms in total. The van der Waals surface area contributed by atoms with E-state index in [9.17, 15) is 18.4 Å². The summed E-state index contributed by atoms with van der Waals surface area (Å²) in [6.07, 6.45) is 1.93. The monoisotopic (exact) mass is 446 g/mol. The SMILES string of the molecule is CS(=O)(=O)CCC(=O)CCCSc1nonc1C(=Nc1cccc(Cl)c1)NO. The van der Waals surface area contributed by atoms with Crippen LogP contribution in [0.4, 0.5) is 5.69 Å². The summed E-state index contributed by atoms with van der Waals surface area (Å²) in [7, 11) is -3.14. The van der Waals surface area contributed by atoms with Gasteiger partial charge in [0.05, 0.1) is 11.4 Å². The number of carbonyl (C=O) groups is 1. The molecule has 1 aromatic carbocycles. The molecule has 0 saturated heterocycles. The Morgan fingerprint density at radius 3 is 2.82 bits per heavy atom. The number of aromatic nitrogens is 2. The van der Waals surface area contributed by atoms with Crippen LogP contribution < -0.4 is 5.48 Å². The number of aliphatic imine (C=N–C) groups is 1. The number of halogens is 1. The normalized spacial score (nSPS) is 12.2. The van der Waals surface area contributed by atoms with E-state index in [2.05, 4.69) is 15.3 Å². The van der Waals surface area contributed by atoms with Crippen LogP contribution >= 0.6 is 23.4 Å². The van der Waals surface area contributed by atoms with Gasteiger partial charge in [0, 0.05) is 29.9 Å². The number of ketones is 1. The van der Waals surface area contributed by atoms with Crippen molar-refractivity contribution in [2.24, 2.45) is 4.99 Å². The second kappa shape index (κ2) is 10.6. The van der Waals surface area contributed by atoms with Crippen molar-refractivity contribution in [1.82, 2.24) is 15.8 Å². The highest BCUT2D eigenvalue weighted by molar-refractivity contribution is 7.99. The van der Waals surface area contributed by atoms with E-state index in [1.807, 2.05) is 5.48 Å². The molecule has 0 bridgehead atoms. The summed E-state index contributed by atoms with van der Waals surface area (Å²) in [5.41, 5.74) is 2.69. The van der Waals surface area contributed by atoms with Crippen molar-refractivity contribution in [2.45, 2.75) is 24.3 Å². The fourth-order valence-corrected chi connectivity index (χ4v) is 3.71. The molecular weight excluding hydrogens is 428 g/mol. The molecule has 0 saturated carbocycles. The number of nitrogens with one attached hydrogen (secondary N) is 1. The number of benzene rings is 1. The summed E-state index contributed by atoms with van der Waals surface area (Å²) in [5.74, 6) is 0.323. The van der Waals surface area contributed by atoms with Gasteiger partial charge in [0.1, 0.15) is 15.6 Å². The number of nitrogens with zero attached hydrogens (tertiary/aromatic N) is 3. The van der Waals surface area contributed by atoms with Crippen LogP contribution in [0.3, 0.4) is 0 Å². The van der Waals surface area contributed by atoms with Gasteiger partial charge in [-0.05, 0) is 34.9 Å². The van der Waals surface area contributed by atoms with Gasteiger partial charge in [-0.25, -0.2) is 18.0 Å². The Morgan fingerprint density at radius 2 is 2.14 bits per heavy atom. The minimum atomic E-state index is -3.14. The van der Waals surface area contributed by atoms with Crippen molar-refractivity contribution < 1.29 is 23.0 Å². The lowest BCUT2D eigenvalue weighted by molar-refractivity contribution is -0.118. The van der Waals surface area contributed by atoms with E-state index in [4.69, 9.17) is 16.2 Å². The van der Waals surface area contributed by atoms with Crippen molar-refractivity contribution in [2.75, 3.05) is 17.8 Å². The van der Waals surface area contributed by atoms with Crippen LogP contribution in [0.25, 0.3) is 0 Å². The maximum absolute atomic E-state index is 11.7. The molecule has 12 heteroatoms. The molecule has 0 fully saturated rings. The first-order valence-corrected chi connectivity index (χ1v) is 11.6. The van der Waals surface area contributed by atoms with Gasteiger partial charge >= 0.3 is 0 Å². The maximum Gasteiger partial charge on any atom is 0.186 e. The summed E-state index contributed by atoms with van der Waals surface area (Å²) < 4.78 is 26.9. The summed E-state index contributed by atoms with van der Waals surface area (Å²) >= 11 is 7.20. The molecular formula is C16H19ClN4O5S2. The Kier molecular flexibility index (Phi) is 8.42. The third-order valence-electron chi connectivity index (χ3n) is 3.43. The fraction of sp³-hybridized carbons (Fsp3) is 0.375. The van der Waals surface area contributed by atoms with Crippen LogP contribution in [-0.4, -0.2) is 53.3 Å². The molecule has 0 amide bonds. The molecule has 2 aromatic rings. The van der Waals surface area contributed by atoms with Crippen molar-refractivity contribution >= 4 is 50.5 Å². The summed E-state index contributed by atoms with van der Waals surface area (Å²) in [5, 5.41) is 17.8. The van der Waals surface area contributed by atoms with Gasteiger partial charge in [-0.3, -0.25) is 15.5 Å². The highest BCUT2D eigenvalue weighted by Crippen LogP contribution is 2.23. The fourth-order valence-electron chi connectivity index (χ4n) is 2.09. The van der Waals surface area contributed by atoms with Crippen LogP contribution in [0.2, 0.25) is 5.02 Å². The van der Waals surface area contributed by atoms with E-state index in [0.29, 0.717) is 27.9 Å². The average Bonchev–Trinajstić information content (AvgIpc) is 3.09. The zero-order valence-electron chi connectivity index (χ0n) is 15.0. The third-order valence-corrected chi connectivity index (χ3v) is 5.64. The lowest BCUT2D eigenvalue weighted by atomic mass is 10.2. The summed E-state index contributed by atoms with van der Waals surface area (Å²) in [4.78, 5) is 15.9. The van der Waals surface area contributed by atoms with E-state index in [0.717, 1.165) is 6.26 Å². The molecule has 1 aromatic heterocycles. The van der Waals surface area contributed by atoms with Crippen molar-refractivity contribution in [3.8, 4) is 0 Å². The van der Waals surface area contributed by atoms with E-state index < -0.39 is 9.84 Å². The Balaban J connectivity index is 1.93. The van der Waals surface area contributed by atoms with E-state index in [1.54, 1.807) is 24.3 Å². The van der Waals surface area contributed by atoms with Gasteiger partial charge in [0.2, 0.25) is 0 Å². The molecule has 0 atom stereocenters. The minimum Gasteiger partial charge on any atom is -0.300 e. The van der Waals surface area contributed by atoms with Gasteiger partial charge in [0.25, 0.3) is 0 Å². The van der Waals surface area contributed by atoms with Crippen molar-refractivity contribution in [1.29, 1.82) is 0 Å². The molecule has 2 N–H and O–H groups in total. The van der Waals surface area contributed by atoms with Crippen LogP contribution in [-0.2, 0) is 14.6 Å². The number of sulfone groups is 1. The maximum atomic E-state index is 11.7. The van der Waals surface area contributed by atoms with Crippen molar-refractivity contribution in [3.63, 3.8) is 0 Å². The van der Waals surface area contributed by atoms with Crippen LogP contribution in [0.5, 0.6) is 0 Å². The van der Waals surface area contributed by atoms with Crippen LogP contribution in [0.1, 0.15) is 25.0 Å². The van der Waals surface area contributed by atoms with E-state index in [1.165, 1.54) is 11.8 Å². The van der Waals surface area contributed by atoms with Gasteiger partial charge < -0.3 is 0 Å². The lowest BCUT2D eigenvalue weighted by Crippen LogP contribution is -2.21. The molecule has 0 aliphatic carbocycles. The standard InChI is InChI=1S/C16H19ClN4O5S2/c1-28(24,25)9-7-13(22)6-3-8-27-16-14(20-26-21-16)15(19-23)18-12-5-2-4-11(17)10-12/h2,4-5,10,23H,3,6-9H2,1H3,(H,18,19). The van der Waals surface area contributed by atoms with Gasteiger partial charge in [-0.2, -0.15) is 0 Å². The Morgan fingerprint density at radius 1 is 1.36 bits per heavy atom. The number of carbonyl (C=O) groups excluding carboxylic acids is 1. The topological polar surface area (TPSA) is 135 Å². The predicted octanol–water partition coefficient (Wildman–Crippen LogP) is 2.66. The number of hydroxylamine groups is 1. The van der Waals surface area contributed by atoms with Gasteiger partial charge in [0.15, 0.2) is 16.6 Å². The van der Waals surface area contributed by atoms with E-state index in [-0.39, 0.29) is 35.9 Å². The molecule has 0 spiro atoms. The Hall–Kier alpha value is -1.95. The van der Waals surface area contributed by atoms with Crippen molar-refractivity contribution in [3.05, 3.63) is 35.0 Å². The molecule has 28 heavy (non-hydrogen) atoms. The smallest absolute Gasteiger partial charge is 0.186 e. The molecule has 0 aliphatic heterocycles. The first-order chi connectivity index (χ1) is 13.3. The van der Waals surface area contributed by atoms with E-state index >= 15 is 0 Å². The second-order valence-corrected chi connectivity index (χ2v) is 9.62. The van der Waals surface area contributed by atoms with Gasteiger partial charge in [-0.15, -0.1) is 11.8 Å². The number of amidine groups is 1. The third kappa shape index (κ3) is 7.58. The first kappa shape index (κ1) is 22.3.